The minimum absolute atomic E-state index is 0.0772. The van der Waals surface area contributed by atoms with E-state index in [4.69, 9.17) is 0 Å². The van der Waals surface area contributed by atoms with Crippen LogP contribution in [0.4, 0.5) is 4.39 Å². The maximum absolute atomic E-state index is 13.4. The fourth-order valence-electron chi connectivity index (χ4n) is 3.47. The molecule has 3 rings (SSSR count). The number of benzene rings is 1. The summed E-state index contributed by atoms with van der Waals surface area (Å²) in [6.45, 7) is 2.72. The molecular formula is C16H19FN2O2. The van der Waals surface area contributed by atoms with Gasteiger partial charge in [-0.3, -0.25) is 4.79 Å². The number of nitrogens with zero attached hydrogens (tertiary/aromatic N) is 2. The van der Waals surface area contributed by atoms with Crippen LogP contribution in [0.15, 0.2) is 18.2 Å². The van der Waals surface area contributed by atoms with Crippen LogP contribution in [0.3, 0.4) is 0 Å². The van der Waals surface area contributed by atoms with Gasteiger partial charge in [-0.1, -0.05) is 12.8 Å². The number of carbonyl (C=O) groups is 1. The third-order valence-corrected chi connectivity index (χ3v) is 4.47. The molecule has 2 atom stereocenters. The topological polar surface area (TPSA) is 55.1 Å². The summed E-state index contributed by atoms with van der Waals surface area (Å²) in [5.41, 5.74) is 1.49. The van der Waals surface area contributed by atoms with Gasteiger partial charge in [0, 0.05) is 18.5 Å². The highest BCUT2D eigenvalue weighted by Gasteiger charge is 2.35. The molecule has 0 radical (unpaired) electrons. The summed E-state index contributed by atoms with van der Waals surface area (Å²) >= 11 is 0. The predicted octanol–water partition coefficient (Wildman–Crippen LogP) is 3.55. The Morgan fingerprint density at radius 1 is 1.43 bits per heavy atom. The molecule has 0 bridgehead atoms. The number of aromatic nitrogens is 2. The Bertz CT molecular complexity index is 680. The SMILES string of the molecule is CCn1c(C2CCCCC2C(=O)O)nc2cc(F)ccc21. The van der Waals surface area contributed by atoms with Crippen molar-refractivity contribution < 1.29 is 14.3 Å². The van der Waals surface area contributed by atoms with E-state index in [2.05, 4.69) is 4.98 Å². The zero-order chi connectivity index (χ0) is 15.0. The second kappa shape index (κ2) is 5.47. The summed E-state index contributed by atoms with van der Waals surface area (Å²) < 4.78 is 15.4. The van der Waals surface area contributed by atoms with Crippen molar-refractivity contribution in [2.45, 2.75) is 45.1 Å². The molecule has 1 fully saturated rings. The summed E-state index contributed by atoms with van der Waals surface area (Å²) in [7, 11) is 0. The van der Waals surface area contributed by atoms with E-state index in [1.54, 1.807) is 6.07 Å². The number of imidazole rings is 1. The van der Waals surface area contributed by atoms with Gasteiger partial charge in [-0.15, -0.1) is 0 Å². The minimum atomic E-state index is -0.749. The maximum Gasteiger partial charge on any atom is 0.307 e. The van der Waals surface area contributed by atoms with Crippen molar-refractivity contribution in [3.05, 3.63) is 29.8 Å². The highest BCUT2D eigenvalue weighted by molar-refractivity contribution is 5.77. The zero-order valence-electron chi connectivity index (χ0n) is 12.1. The molecule has 1 saturated carbocycles. The lowest BCUT2D eigenvalue weighted by Crippen LogP contribution is -2.27. The normalized spacial score (nSPS) is 22.6. The molecule has 4 nitrogen and oxygen atoms in total. The predicted molar refractivity (Wildman–Crippen MR) is 77.7 cm³/mol. The van der Waals surface area contributed by atoms with Gasteiger partial charge in [0.2, 0.25) is 0 Å². The molecule has 0 spiro atoms. The average Bonchev–Trinajstić information content (AvgIpc) is 2.84. The number of fused-ring (bicyclic) bond motifs is 1. The van der Waals surface area contributed by atoms with E-state index in [9.17, 15) is 14.3 Å². The third kappa shape index (κ3) is 2.41. The quantitative estimate of drug-likeness (QED) is 0.940. The molecule has 1 aromatic carbocycles. The van der Waals surface area contributed by atoms with Crippen LogP contribution in [-0.2, 0) is 11.3 Å². The second-order valence-corrected chi connectivity index (χ2v) is 5.68. The van der Waals surface area contributed by atoms with E-state index in [-0.39, 0.29) is 17.7 Å². The molecular weight excluding hydrogens is 271 g/mol. The first kappa shape index (κ1) is 14.0. The maximum atomic E-state index is 13.4. The first-order valence-electron chi connectivity index (χ1n) is 7.50. The van der Waals surface area contributed by atoms with Crippen molar-refractivity contribution in [3.8, 4) is 0 Å². The van der Waals surface area contributed by atoms with E-state index < -0.39 is 5.97 Å². The fourth-order valence-corrected chi connectivity index (χ4v) is 3.47. The third-order valence-electron chi connectivity index (χ3n) is 4.47. The van der Waals surface area contributed by atoms with Crippen LogP contribution in [0.1, 0.15) is 44.3 Å². The summed E-state index contributed by atoms with van der Waals surface area (Å²) in [5.74, 6) is -0.726. The summed E-state index contributed by atoms with van der Waals surface area (Å²) in [5, 5.41) is 9.46. The zero-order valence-corrected chi connectivity index (χ0v) is 12.1. The Hall–Kier alpha value is -1.91. The highest BCUT2D eigenvalue weighted by atomic mass is 19.1. The van der Waals surface area contributed by atoms with Crippen molar-refractivity contribution in [1.82, 2.24) is 9.55 Å². The number of halogens is 1. The average molecular weight is 290 g/mol. The summed E-state index contributed by atoms with van der Waals surface area (Å²) in [4.78, 5) is 16.1. The van der Waals surface area contributed by atoms with Gasteiger partial charge in [-0.2, -0.15) is 0 Å². The van der Waals surface area contributed by atoms with Crippen molar-refractivity contribution in [2.75, 3.05) is 0 Å². The minimum Gasteiger partial charge on any atom is -0.481 e. The largest absolute Gasteiger partial charge is 0.481 e. The van der Waals surface area contributed by atoms with E-state index in [0.29, 0.717) is 18.5 Å². The number of carboxylic acid groups (broad SMARTS) is 1. The standard InChI is InChI=1S/C16H19FN2O2/c1-2-19-14-8-7-10(17)9-13(14)18-15(19)11-5-3-4-6-12(11)16(20)21/h7-9,11-12H,2-6H2,1H3,(H,20,21). The van der Waals surface area contributed by atoms with Crippen LogP contribution in [-0.4, -0.2) is 20.6 Å². The molecule has 1 heterocycles. The Labute approximate surface area is 122 Å². The van der Waals surface area contributed by atoms with Gasteiger partial charge < -0.3 is 9.67 Å². The monoisotopic (exact) mass is 290 g/mol. The molecule has 1 N–H and O–H groups in total. The number of aliphatic carboxylic acids is 1. The van der Waals surface area contributed by atoms with Gasteiger partial charge in [-0.25, -0.2) is 9.37 Å². The van der Waals surface area contributed by atoms with Gasteiger partial charge in [0.05, 0.1) is 17.0 Å². The lowest BCUT2D eigenvalue weighted by atomic mass is 9.78. The van der Waals surface area contributed by atoms with Gasteiger partial charge in [0.15, 0.2) is 0 Å². The first-order valence-corrected chi connectivity index (χ1v) is 7.50. The van der Waals surface area contributed by atoms with Crippen LogP contribution in [0, 0.1) is 11.7 Å². The van der Waals surface area contributed by atoms with Crippen LogP contribution in [0.5, 0.6) is 0 Å². The molecule has 2 aromatic rings. The van der Waals surface area contributed by atoms with E-state index in [0.717, 1.165) is 30.6 Å². The molecule has 1 aromatic heterocycles. The van der Waals surface area contributed by atoms with Crippen molar-refractivity contribution in [3.63, 3.8) is 0 Å². The van der Waals surface area contributed by atoms with Crippen LogP contribution < -0.4 is 0 Å². The summed E-state index contributed by atoms with van der Waals surface area (Å²) in [6.07, 6.45) is 3.51. The molecule has 0 amide bonds. The molecule has 2 unspecified atom stereocenters. The smallest absolute Gasteiger partial charge is 0.307 e. The lowest BCUT2D eigenvalue weighted by molar-refractivity contribution is -0.143. The number of rotatable bonds is 3. The van der Waals surface area contributed by atoms with Gasteiger partial charge in [0.1, 0.15) is 11.6 Å². The number of hydrogen-bond acceptors (Lipinski definition) is 2. The molecule has 0 saturated heterocycles. The van der Waals surface area contributed by atoms with Crippen LogP contribution in [0.25, 0.3) is 11.0 Å². The lowest BCUT2D eigenvalue weighted by Gasteiger charge is -2.28. The van der Waals surface area contributed by atoms with E-state index >= 15 is 0 Å². The fraction of sp³-hybridized carbons (Fsp3) is 0.500. The number of hydrogen-bond donors (Lipinski definition) is 1. The van der Waals surface area contributed by atoms with Gasteiger partial charge in [-0.05, 0) is 31.9 Å². The molecule has 1 aliphatic rings. The Morgan fingerprint density at radius 3 is 2.90 bits per heavy atom. The van der Waals surface area contributed by atoms with Crippen LogP contribution >= 0.6 is 0 Å². The van der Waals surface area contributed by atoms with E-state index in [1.807, 2.05) is 11.5 Å². The number of carboxylic acids is 1. The van der Waals surface area contributed by atoms with Crippen molar-refractivity contribution in [1.29, 1.82) is 0 Å². The summed E-state index contributed by atoms with van der Waals surface area (Å²) in [6, 6.07) is 4.57. The first-order chi connectivity index (χ1) is 10.1. The molecule has 0 aliphatic heterocycles. The van der Waals surface area contributed by atoms with Crippen molar-refractivity contribution in [2.24, 2.45) is 5.92 Å². The van der Waals surface area contributed by atoms with Gasteiger partial charge >= 0.3 is 5.97 Å². The molecule has 112 valence electrons. The number of aryl methyl sites for hydroxylation is 1. The Morgan fingerprint density at radius 2 is 2.19 bits per heavy atom. The molecule has 21 heavy (non-hydrogen) atoms. The second-order valence-electron chi connectivity index (χ2n) is 5.68. The van der Waals surface area contributed by atoms with Crippen LogP contribution in [0.2, 0.25) is 0 Å². The highest BCUT2D eigenvalue weighted by Crippen LogP contribution is 2.38. The Balaban J connectivity index is 2.11. The van der Waals surface area contributed by atoms with E-state index in [1.165, 1.54) is 12.1 Å². The molecule has 5 heteroatoms. The Kier molecular flexibility index (Phi) is 3.66. The van der Waals surface area contributed by atoms with Crippen molar-refractivity contribution >= 4 is 17.0 Å². The van der Waals surface area contributed by atoms with Gasteiger partial charge in [0.25, 0.3) is 0 Å². The molecule has 1 aliphatic carbocycles.